The smallest absolute Gasteiger partial charge is 0.428 e. The van der Waals surface area contributed by atoms with Gasteiger partial charge in [0.15, 0.2) is 0 Å². The van der Waals surface area contributed by atoms with Crippen LogP contribution in [-0.2, 0) is 0 Å². The zero-order valence-corrected chi connectivity index (χ0v) is 12.6. The summed E-state index contributed by atoms with van der Waals surface area (Å²) in [7, 11) is 0. The largest absolute Gasteiger partial charge is 0.461 e. The lowest BCUT2D eigenvalue weighted by Gasteiger charge is -2.32. The van der Waals surface area contributed by atoms with Crippen LogP contribution in [0.4, 0.5) is 57.1 Å². The van der Waals surface area contributed by atoms with Crippen molar-refractivity contribution in [3.8, 4) is 5.75 Å². The van der Waals surface area contributed by atoms with Crippen LogP contribution >= 0.6 is 0 Å². The van der Waals surface area contributed by atoms with Gasteiger partial charge in [-0.15, -0.1) is 0 Å². The van der Waals surface area contributed by atoms with Crippen LogP contribution in [0, 0.1) is 0 Å². The van der Waals surface area contributed by atoms with Gasteiger partial charge in [-0.1, -0.05) is 12.1 Å². The highest BCUT2D eigenvalue weighted by molar-refractivity contribution is 6.02. The van der Waals surface area contributed by atoms with Crippen molar-refractivity contribution in [3.63, 3.8) is 0 Å². The van der Waals surface area contributed by atoms with Crippen LogP contribution in [0.1, 0.15) is 10.4 Å². The molecule has 2 nitrogen and oxygen atoms in total. The highest BCUT2D eigenvalue weighted by Gasteiger charge is 2.83. The molecule has 1 rings (SSSR count). The van der Waals surface area contributed by atoms with Gasteiger partial charge in [0.05, 0.1) is 0 Å². The van der Waals surface area contributed by atoms with Crippen LogP contribution in [0.25, 0.3) is 0 Å². The van der Waals surface area contributed by atoms with Gasteiger partial charge in [0.1, 0.15) is 5.75 Å². The zero-order chi connectivity index (χ0) is 22.3. The maximum absolute atomic E-state index is 13.5. The summed E-state index contributed by atoms with van der Waals surface area (Å²) in [5, 5.41) is 0. The summed E-state index contributed by atoms with van der Waals surface area (Å²) >= 11 is 0. The highest BCUT2D eigenvalue weighted by atomic mass is 19.4. The molecule has 1 aromatic rings. The number of carbonyl (C=O) groups excluding carboxylic acids is 1. The number of hydrogen-bond acceptors (Lipinski definition) is 2. The van der Waals surface area contributed by atoms with Crippen molar-refractivity contribution in [3.05, 3.63) is 29.8 Å². The van der Waals surface area contributed by atoms with E-state index in [1.54, 1.807) is 0 Å². The van der Waals surface area contributed by atoms with Gasteiger partial charge in [0, 0.05) is 5.56 Å². The van der Waals surface area contributed by atoms with Gasteiger partial charge >= 0.3 is 36.5 Å². The monoisotopic (exact) mass is 440 g/mol. The number of alkyl halides is 13. The van der Waals surface area contributed by atoms with Gasteiger partial charge < -0.3 is 4.74 Å². The van der Waals surface area contributed by atoms with Gasteiger partial charge in [-0.3, -0.25) is 4.79 Å². The molecule has 0 saturated heterocycles. The first-order valence-electron chi connectivity index (χ1n) is 6.49. The van der Waals surface area contributed by atoms with Crippen LogP contribution < -0.4 is 4.74 Å². The molecule has 28 heavy (non-hydrogen) atoms. The summed E-state index contributed by atoms with van der Waals surface area (Å²) < 4.78 is 168. The first-order chi connectivity index (χ1) is 12.3. The van der Waals surface area contributed by atoms with E-state index < -0.39 is 53.6 Å². The molecule has 0 aliphatic rings. The Morgan fingerprint density at radius 2 is 1.32 bits per heavy atom. The predicted molar refractivity (Wildman–Crippen MR) is 63.2 cm³/mol. The molecule has 0 unspecified atom stereocenters. The normalized spacial score (nSPS) is 14.4. The Hall–Kier alpha value is -2.22. The first kappa shape index (κ1) is 23.8. The van der Waals surface area contributed by atoms with Gasteiger partial charge in [-0.2, -0.15) is 57.1 Å². The van der Waals surface area contributed by atoms with E-state index in [0.717, 1.165) is 0 Å². The van der Waals surface area contributed by atoms with Crippen molar-refractivity contribution in [2.24, 2.45) is 0 Å². The Bertz CT molecular complexity index is 723. The molecule has 0 aliphatic carbocycles. The summed E-state index contributed by atoms with van der Waals surface area (Å²) in [6.07, 6.45) is -16.9. The van der Waals surface area contributed by atoms with E-state index in [4.69, 9.17) is 0 Å². The fraction of sp³-hybridized carbons (Fsp3) is 0.462. The van der Waals surface area contributed by atoms with Crippen LogP contribution in [-0.4, -0.2) is 42.3 Å². The number of ketones is 1. The number of ether oxygens (including phenoxy) is 1. The van der Waals surface area contributed by atoms with E-state index in [-0.39, 0.29) is 12.1 Å². The summed E-state index contributed by atoms with van der Waals surface area (Å²) in [6.45, 7) is 0. The predicted octanol–water partition coefficient (Wildman–Crippen LogP) is 5.57. The van der Waals surface area contributed by atoms with Crippen LogP contribution in [0.5, 0.6) is 5.75 Å². The minimum Gasteiger partial charge on any atom is -0.428 e. The Morgan fingerprint density at radius 1 is 0.821 bits per heavy atom. The topological polar surface area (TPSA) is 26.3 Å². The maximum atomic E-state index is 13.5. The minimum absolute atomic E-state index is 0.144. The van der Waals surface area contributed by atoms with Crippen molar-refractivity contribution in [2.75, 3.05) is 0 Å². The van der Waals surface area contributed by atoms with E-state index in [0.29, 0.717) is 12.1 Å². The number of halogens is 13. The lowest BCUT2D eigenvalue weighted by atomic mass is 9.95. The van der Waals surface area contributed by atoms with Crippen LogP contribution in [0.2, 0.25) is 0 Å². The first-order valence-corrected chi connectivity index (χ1v) is 6.49. The van der Waals surface area contributed by atoms with E-state index >= 15 is 0 Å². The number of rotatable bonds is 7. The molecule has 0 aromatic heterocycles. The summed E-state index contributed by atoms with van der Waals surface area (Å²) in [5.74, 6) is -26.1. The second-order valence-electron chi connectivity index (χ2n) is 5.04. The van der Waals surface area contributed by atoms with Crippen LogP contribution in [0.15, 0.2) is 24.3 Å². The Kier molecular flexibility index (Phi) is 5.94. The minimum atomic E-state index is -7.35. The van der Waals surface area contributed by atoms with E-state index in [2.05, 4.69) is 4.74 Å². The third kappa shape index (κ3) is 3.97. The summed E-state index contributed by atoms with van der Waals surface area (Å²) in [6, 6.07) is 0.633. The molecule has 1 aromatic carbocycles. The lowest BCUT2D eigenvalue weighted by Crippen LogP contribution is -2.63. The molecule has 160 valence electrons. The molecule has 0 fully saturated rings. The SMILES string of the molecule is O=C(c1cccc(OC(F)(F)C(F)F)c1)C(F)(F)C(F)(F)C(F)(F)C(F)(F)F. The van der Waals surface area contributed by atoms with Crippen molar-refractivity contribution in [1.29, 1.82) is 0 Å². The van der Waals surface area contributed by atoms with E-state index in [1.807, 2.05) is 0 Å². The third-order valence-corrected chi connectivity index (χ3v) is 3.03. The van der Waals surface area contributed by atoms with Crippen molar-refractivity contribution < 1.29 is 66.6 Å². The second-order valence-corrected chi connectivity index (χ2v) is 5.04. The molecule has 0 radical (unpaired) electrons. The molecule has 0 aliphatic heterocycles. The molecule has 15 heteroatoms. The molecule has 0 spiro atoms. The van der Waals surface area contributed by atoms with Crippen molar-refractivity contribution in [1.82, 2.24) is 0 Å². The van der Waals surface area contributed by atoms with Gasteiger partial charge in [-0.05, 0) is 12.1 Å². The maximum Gasteiger partial charge on any atom is 0.461 e. The van der Waals surface area contributed by atoms with E-state index in [9.17, 15) is 61.9 Å². The quantitative estimate of drug-likeness (QED) is 0.409. The molecule has 0 atom stereocenters. The van der Waals surface area contributed by atoms with Gasteiger partial charge in [0.2, 0.25) is 5.78 Å². The molecular weight excluding hydrogens is 435 g/mol. The Balaban J connectivity index is 3.32. The second kappa shape index (κ2) is 6.99. The molecule has 0 bridgehead atoms. The third-order valence-electron chi connectivity index (χ3n) is 3.03. The zero-order valence-electron chi connectivity index (χ0n) is 12.6. The molecule has 0 heterocycles. The fourth-order valence-electron chi connectivity index (χ4n) is 1.60. The fourth-order valence-corrected chi connectivity index (χ4v) is 1.60. The number of carbonyl (C=O) groups is 1. The number of benzene rings is 1. The standard InChI is InChI=1S/C13H5F13O2/c14-8(15)10(18,19)28-6-3-1-2-5(4-6)7(27)9(16,17)11(20,21)12(22,23)13(24,25)26/h1-4,8H. The average molecular weight is 440 g/mol. The summed E-state index contributed by atoms with van der Waals surface area (Å²) in [4.78, 5) is 11.4. The van der Waals surface area contributed by atoms with Crippen LogP contribution in [0.3, 0.4) is 0 Å². The van der Waals surface area contributed by atoms with Crippen molar-refractivity contribution in [2.45, 2.75) is 36.5 Å². The van der Waals surface area contributed by atoms with Crippen molar-refractivity contribution >= 4 is 5.78 Å². The highest BCUT2D eigenvalue weighted by Crippen LogP contribution is 2.53. The van der Waals surface area contributed by atoms with E-state index in [1.165, 1.54) is 0 Å². The number of hydrogen-bond donors (Lipinski definition) is 0. The molecule has 0 saturated carbocycles. The molecule has 0 amide bonds. The Labute approximate surface area is 145 Å². The molecular formula is C13H5F13O2. The Morgan fingerprint density at radius 3 is 1.75 bits per heavy atom. The molecule has 0 N–H and O–H groups in total. The summed E-state index contributed by atoms with van der Waals surface area (Å²) in [5.41, 5.74) is -1.79. The lowest BCUT2D eigenvalue weighted by molar-refractivity contribution is -0.386. The van der Waals surface area contributed by atoms with Gasteiger partial charge in [0.25, 0.3) is 0 Å². The number of Topliss-reactive ketones (excluding diaryl/α,β-unsaturated/α-hetero) is 1. The van der Waals surface area contributed by atoms with Gasteiger partial charge in [-0.25, -0.2) is 0 Å². The average Bonchev–Trinajstić information content (AvgIpc) is 2.52.